The van der Waals surface area contributed by atoms with Gasteiger partial charge < -0.3 is 4.90 Å². The average molecular weight is 206 g/mol. The Kier molecular flexibility index (Phi) is 1.85. The van der Waals surface area contributed by atoms with Crippen molar-refractivity contribution < 1.29 is 0 Å². The number of hydrogen-bond acceptors (Lipinski definition) is 4. The average Bonchev–Trinajstić information content (AvgIpc) is 2.17. The minimum absolute atomic E-state index is 0.210. The number of fused-ring (bicyclic) bond motifs is 1. The van der Waals surface area contributed by atoms with Crippen LogP contribution in [0.2, 0.25) is 0 Å². The first-order valence-corrected chi connectivity index (χ1v) is 4.35. The quantitative estimate of drug-likeness (QED) is 0.632. The summed E-state index contributed by atoms with van der Waals surface area (Å²) in [4.78, 5) is 32.9. The molecule has 0 spiro atoms. The van der Waals surface area contributed by atoms with Crippen molar-refractivity contribution >= 4 is 17.2 Å². The Balaban J connectivity index is 2.84. The topological polar surface area (TPSA) is 81.3 Å². The Morgan fingerprint density at radius 2 is 2.00 bits per heavy atom. The van der Waals surface area contributed by atoms with Gasteiger partial charge >= 0.3 is 5.69 Å². The van der Waals surface area contributed by atoms with Crippen molar-refractivity contribution in [3.8, 4) is 0 Å². The number of H-pyrrole nitrogens is 2. The summed E-state index contributed by atoms with van der Waals surface area (Å²) in [6, 6.07) is 0. The molecule has 6 heteroatoms. The van der Waals surface area contributed by atoms with Gasteiger partial charge in [0.05, 0.1) is 11.4 Å². The largest absolute Gasteiger partial charge is 0.328 e. The smallest absolute Gasteiger partial charge is 0.327 e. The van der Waals surface area contributed by atoms with Gasteiger partial charge in [0.15, 0.2) is 5.69 Å². The molecule has 1 aliphatic rings. The Hall–Kier alpha value is -2.11. The third kappa shape index (κ3) is 1.30. The van der Waals surface area contributed by atoms with Gasteiger partial charge in [0.2, 0.25) is 0 Å². The molecule has 1 aliphatic heterocycles. The fraction of sp³-hybridized carbons (Fsp3) is 0.222. The molecule has 78 valence electrons. The van der Waals surface area contributed by atoms with Gasteiger partial charge in [-0.05, 0) is 6.92 Å². The highest BCUT2D eigenvalue weighted by Gasteiger charge is 2.21. The lowest BCUT2D eigenvalue weighted by Crippen LogP contribution is -2.32. The molecular weight excluding hydrogens is 196 g/mol. The summed E-state index contributed by atoms with van der Waals surface area (Å²) in [6.45, 7) is 5.55. The minimum atomic E-state index is -0.548. The van der Waals surface area contributed by atoms with Crippen molar-refractivity contribution in [2.75, 3.05) is 11.9 Å². The predicted molar refractivity (Wildman–Crippen MR) is 58.0 cm³/mol. The maximum absolute atomic E-state index is 11.4. The first-order valence-electron chi connectivity index (χ1n) is 4.35. The van der Waals surface area contributed by atoms with E-state index in [0.717, 1.165) is 0 Å². The molecule has 0 atom stereocenters. The molecule has 2 rings (SSSR count). The zero-order valence-electron chi connectivity index (χ0n) is 8.42. The number of nitrogens with zero attached hydrogens (tertiary/aromatic N) is 2. The number of nitrogens with one attached hydrogen (secondary N) is 2. The highest BCUT2D eigenvalue weighted by atomic mass is 16.2. The zero-order valence-corrected chi connectivity index (χ0v) is 8.42. The summed E-state index contributed by atoms with van der Waals surface area (Å²) >= 11 is 0. The van der Waals surface area contributed by atoms with Crippen LogP contribution in [-0.2, 0) is 0 Å². The molecule has 1 aromatic heterocycles. The monoisotopic (exact) mass is 206 g/mol. The molecule has 1 aromatic rings. The maximum atomic E-state index is 11.4. The third-order valence-electron chi connectivity index (χ3n) is 2.34. The summed E-state index contributed by atoms with van der Waals surface area (Å²) in [5, 5.41) is 0. The van der Waals surface area contributed by atoms with Crippen LogP contribution in [0, 0.1) is 0 Å². The van der Waals surface area contributed by atoms with Crippen LogP contribution < -0.4 is 16.1 Å². The first kappa shape index (κ1) is 9.45. The van der Waals surface area contributed by atoms with Gasteiger partial charge in [0, 0.05) is 7.05 Å². The van der Waals surface area contributed by atoms with Crippen molar-refractivity contribution in [3.63, 3.8) is 0 Å². The van der Waals surface area contributed by atoms with Gasteiger partial charge in [0.25, 0.3) is 5.56 Å². The van der Waals surface area contributed by atoms with E-state index >= 15 is 0 Å². The lowest BCUT2D eigenvalue weighted by Gasteiger charge is -2.25. The summed E-state index contributed by atoms with van der Waals surface area (Å²) < 4.78 is 0. The van der Waals surface area contributed by atoms with E-state index < -0.39 is 11.2 Å². The molecule has 2 heterocycles. The molecule has 0 fully saturated rings. The van der Waals surface area contributed by atoms with Crippen molar-refractivity contribution in [1.29, 1.82) is 0 Å². The van der Waals surface area contributed by atoms with E-state index in [1.54, 1.807) is 18.9 Å². The molecule has 2 N–H and O–H groups in total. The molecule has 0 unspecified atom stereocenters. The Morgan fingerprint density at radius 1 is 1.33 bits per heavy atom. The van der Waals surface area contributed by atoms with Crippen molar-refractivity contribution in [3.05, 3.63) is 33.1 Å². The van der Waals surface area contributed by atoms with Crippen LogP contribution in [0.1, 0.15) is 6.92 Å². The number of aliphatic imine (C=N–C) groups is 1. The standard InChI is InChI=1S/C9H10N4O2/c1-4-5(2)13(3)7-6(10-4)8(14)12-9(15)11-7/h2H2,1,3H3,(H2,11,12,14,15). The lowest BCUT2D eigenvalue weighted by atomic mass is 10.2. The molecule has 0 radical (unpaired) electrons. The van der Waals surface area contributed by atoms with Crippen LogP contribution in [0.3, 0.4) is 0 Å². The summed E-state index contributed by atoms with van der Waals surface area (Å²) in [7, 11) is 1.72. The third-order valence-corrected chi connectivity index (χ3v) is 2.34. The minimum Gasteiger partial charge on any atom is -0.328 e. The van der Waals surface area contributed by atoms with Crippen LogP contribution in [0.5, 0.6) is 0 Å². The summed E-state index contributed by atoms with van der Waals surface area (Å²) in [5.74, 6) is 0.374. The van der Waals surface area contributed by atoms with Gasteiger partial charge in [-0.25, -0.2) is 9.79 Å². The number of aromatic amines is 2. The van der Waals surface area contributed by atoms with Gasteiger partial charge in [0.1, 0.15) is 5.82 Å². The van der Waals surface area contributed by atoms with Gasteiger partial charge in [-0.3, -0.25) is 14.8 Å². The number of aromatic nitrogens is 2. The molecule has 15 heavy (non-hydrogen) atoms. The molecule has 0 saturated carbocycles. The Bertz CT molecular complexity index is 579. The highest BCUT2D eigenvalue weighted by molar-refractivity contribution is 6.05. The maximum Gasteiger partial charge on any atom is 0.327 e. The fourth-order valence-electron chi connectivity index (χ4n) is 1.42. The zero-order chi connectivity index (χ0) is 11.2. The van der Waals surface area contributed by atoms with E-state index in [-0.39, 0.29) is 5.69 Å². The van der Waals surface area contributed by atoms with E-state index in [2.05, 4.69) is 21.5 Å². The Morgan fingerprint density at radius 3 is 2.67 bits per heavy atom. The second-order valence-corrected chi connectivity index (χ2v) is 3.31. The SMILES string of the molecule is C=C1C(C)=Nc2c([nH]c(=O)[nH]c2=O)N1C. The van der Waals surface area contributed by atoms with E-state index in [1.165, 1.54) is 0 Å². The second-order valence-electron chi connectivity index (χ2n) is 3.31. The predicted octanol–water partition coefficient (Wildman–Crippen LogP) is 0.119. The molecule has 0 amide bonds. The molecule has 0 aromatic carbocycles. The van der Waals surface area contributed by atoms with Crippen LogP contribution in [0.4, 0.5) is 11.5 Å². The van der Waals surface area contributed by atoms with E-state index in [1.807, 2.05) is 0 Å². The summed E-state index contributed by atoms with van der Waals surface area (Å²) in [5.41, 5.74) is 0.480. The van der Waals surface area contributed by atoms with Crippen LogP contribution in [0.15, 0.2) is 26.9 Å². The first-order chi connectivity index (χ1) is 7.00. The van der Waals surface area contributed by atoms with Crippen LogP contribution >= 0.6 is 0 Å². The van der Waals surface area contributed by atoms with Gasteiger partial charge in [-0.2, -0.15) is 0 Å². The number of hydrogen-bond donors (Lipinski definition) is 2. The second kappa shape index (κ2) is 2.94. The molecule has 0 saturated heterocycles. The Labute approximate surface area is 85.0 Å². The molecule has 0 aliphatic carbocycles. The lowest BCUT2D eigenvalue weighted by molar-refractivity contribution is 0.971. The van der Waals surface area contributed by atoms with Gasteiger partial charge in [-0.1, -0.05) is 6.58 Å². The number of anilines is 1. The summed E-state index contributed by atoms with van der Waals surface area (Å²) in [6.07, 6.45) is 0. The van der Waals surface area contributed by atoms with Crippen LogP contribution in [0.25, 0.3) is 0 Å². The highest BCUT2D eigenvalue weighted by Crippen LogP contribution is 2.27. The van der Waals surface area contributed by atoms with Crippen molar-refractivity contribution in [1.82, 2.24) is 9.97 Å². The van der Waals surface area contributed by atoms with E-state index in [9.17, 15) is 9.59 Å². The normalized spacial score (nSPS) is 14.9. The van der Waals surface area contributed by atoms with Gasteiger partial charge in [-0.15, -0.1) is 0 Å². The van der Waals surface area contributed by atoms with E-state index in [4.69, 9.17) is 0 Å². The fourth-order valence-corrected chi connectivity index (χ4v) is 1.42. The van der Waals surface area contributed by atoms with Crippen LogP contribution in [-0.4, -0.2) is 22.7 Å². The molecule has 6 nitrogen and oxygen atoms in total. The number of rotatable bonds is 0. The van der Waals surface area contributed by atoms with Crippen molar-refractivity contribution in [2.24, 2.45) is 4.99 Å². The molecular formula is C9H10N4O2. The molecule has 0 bridgehead atoms. The number of allylic oxidation sites excluding steroid dienone is 1. The van der Waals surface area contributed by atoms with Crippen molar-refractivity contribution in [2.45, 2.75) is 6.92 Å². The van der Waals surface area contributed by atoms with E-state index in [0.29, 0.717) is 17.2 Å².